The SMILES string of the molecule is CN(C)S(=O)(=O)c1cccc(NC(=O)c2cnn3c(C(F)(F)F)cc(-c4ccc(C(F)(F)F)cc4)nc23)c1. The third kappa shape index (κ3) is 5.19. The smallest absolute Gasteiger partial charge is 0.322 e. The number of fused-ring (bicyclic) bond motifs is 1. The highest BCUT2D eigenvalue weighted by atomic mass is 32.2. The summed E-state index contributed by atoms with van der Waals surface area (Å²) in [6, 6.07) is 9.16. The van der Waals surface area contributed by atoms with E-state index in [-0.39, 0.29) is 27.4 Å². The van der Waals surface area contributed by atoms with Crippen molar-refractivity contribution >= 4 is 27.3 Å². The van der Waals surface area contributed by atoms with Crippen LogP contribution < -0.4 is 5.32 Å². The molecule has 8 nitrogen and oxygen atoms in total. The summed E-state index contributed by atoms with van der Waals surface area (Å²) in [5.74, 6) is -0.940. The molecule has 1 N–H and O–H groups in total. The maximum Gasteiger partial charge on any atom is 0.433 e. The largest absolute Gasteiger partial charge is 0.433 e. The van der Waals surface area contributed by atoms with Gasteiger partial charge in [0, 0.05) is 25.3 Å². The van der Waals surface area contributed by atoms with E-state index in [1.807, 2.05) is 0 Å². The Morgan fingerprint density at radius 3 is 2.18 bits per heavy atom. The molecule has 0 fully saturated rings. The van der Waals surface area contributed by atoms with Gasteiger partial charge in [0.2, 0.25) is 10.0 Å². The number of halogens is 6. The number of amides is 1. The summed E-state index contributed by atoms with van der Waals surface area (Å²) in [4.78, 5) is 16.9. The van der Waals surface area contributed by atoms with Crippen LogP contribution >= 0.6 is 0 Å². The molecule has 0 aliphatic rings. The van der Waals surface area contributed by atoms with Crippen molar-refractivity contribution in [2.45, 2.75) is 17.2 Å². The zero-order valence-corrected chi connectivity index (χ0v) is 20.3. The van der Waals surface area contributed by atoms with Gasteiger partial charge in [-0.3, -0.25) is 4.79 Å². The monoisotopic (exact) mass is 557 g/mol. The van der Waals surface area contributed by atoms with Crippen LogP contribution in [0.1, 0.15) is 21.6 Å². The van der Waals surface area contributed by atoms with Crippen molar-refractivity contribution in [1.29, 1.82) is 0 Å². The van der Waals surface area contributed by atoms with Crippen LogP contribution in [-0.2, 0) is 22.4 Å². The van der Waals surface area contributed by atoms with Gasteiger partial charge in [0.25, 0.3) is 5.91 Å². The zero-order chi connectivity index (χ0) is 28.0. The van der Waals surface area contributed by atoms with Crippen LogP contribution in [0.25, 0.3) is 16.9 Å². The Bertz CT molecular complexity index is 1630. The summed E-state index contributed by atoms with van der Waals surface area (Å²) in [6.07, 6.45) is -8.74. The molecule has 2 aromatic heterocycles. The molecule has 15 heteroatoms. The molecule has 0 radical (unpaired) electrons. The Hall–Kier alpha value is -3.98. The predicted molar refractivity (Wildman–Crippen MR) is 124 cm³/mol. The lowest BCUT2D eigenvalue weighted by atomic mass is 10.1. The highest BCUT2D eigenvalue weighted by molar-refractivity contribution is 7.89. The van der Waals surface area contributed by atoms with Gasteiger partial charge in [-0.1, -0.05) is 18.2 Å². The fourth-order valence-electron chi connectivity index (χ4n) is 3.45. The third-order valence-electron chi connectivity index (χ3n) is 5.39. The molecule has 0 atom stereocenters. The van der Waals surface area contributed by atoms with E-state index in [9.17, 15) is 39.6 Å². The van der Waals surface area contributed by atoms with Gasteiger partial charge in [-0.2, -0.15) is 31.4 Å². The minimum atomic E-state index is -4.95. The van der Waals surface area contributed by atoms with E-state index in [0.29, 0.717) is 22.7 Å². The van der Waals surface area contributed by atoms with Crippen LogP contribution in [0.3, 0.4) is 0 Å². The van der Waals surface area contributed by atoms with Gasteiger partial charge < -0.3 is 5.32 Å². The first-order chi connectivity index (χ1) is 17.6. The first-order valence-corrected chi connectivity index (χ1v) is 12.0. The molecule has 0 saturated carbocycles. The van der Waals surface area contributed by atoms with E-state index < -0.39 is 45.2 Å². The van der Waals surface area contributed by atoms with E-state index in [0.717, 1.165) is 22.6 Å². The molecule has 4 aromatic rings. The van der Waals surface area contributed by atoms with Gasteiger partial charge >= 0.3 is 12.4 Å². The Labute approximate surface area is 211 Å². The second-order valence-corrected chi connectivity index (χ2v) is 10.3. The number of benzene rings is 2. The van der Waals surface area contributed by atoms with Crippen molar-refractivity contribution in [1.82, 2.24) is 18.9 Å². The number of sulfonamides is 1. The van der Waals surface area contributed by atoms with Crippen molar-refractivity contribution < 1.29 is 39.6 Å². The van der Waals surface area contributed by atoms with E-state index in [1.54, 1.807) is 0 Å². The van der Waals surface area contributed by atoms with Crippen molar-refractivity contribution in [3.63, 3.8) is 0 Å². The molecule has 0 saturated heterocycles. The molecule has 1 amide bonds. The number of nitrogens with zero attached hydrogens (tertiary/aromatic N) is 4. The summed E-state index contributed by atoms with van der Waals surface area (Å²) in [6.45, 7) is 0. The molecule has 2 heterocycles. The van der Waals surface area contributed by atoms with Crippen LogP contribution in [0.5, 0.6) is 0 Å². The van der Waals surface area contributed by atoms with Crippen LogP contribution in [0.4, 0.5) is 32.0 Å². The van der Waals surface area contributed by atoms with Gasteiger partial charge in [0.15, 0.2) is 11.3 Å². The number of nitrogens with one attached hydrogen (secondary N) is 1. The molecule has 2 aromatic carbocycles. The Morgan fingerprint density at radius 1 is 0.947 bits per heavy atom. The van der Waals surface area contributed by atoms with Gasteiger partial charge in [0.1, 0.15) is 5.56 Å². The Balaban J connectivity index is 1.77. The summed E-state index contributed by atoms with van der Waals surface area (Å²) < 4.78 is 106. The quantitative estimate of drug-likeness (QED) is 0.351. The van der Waals surface area contributed by atoms with Crippen molar-refractivity contribution in [3.8, 4) is 11.3 Å². The number of rotatable bonds is 5. The maximum absolute atomic E-state index is 13.8. The topological polar surface area (TPSA) is 96.7 Å². The summed E-state index contributed by atoms with van der Waals surface area (Å²) in [7, 11) is -1.20. The van der Waals surface area contributed by atoms with E-state index in [4.69, 9.17) is 0 Å². The van der Waals surface area contributed by atoms with Gasteiger partial charge in [-0.05, 0) is 36.4 Å². The van der Waals surface area contributed by atoms with Gasteiger partial charge in [0.05, 0.1) is 22.3 Å². The molecule has 200 valence electrons. The van der Waals surface area contributed by atoms with Crippen LogP contribution in [0.2, 0.25) is 0 Å². The van der Waals surface area contributed by atoms with E-state index in [1.165, 1.54) is 38.4 Å². The molecule has 0 aliphatic carbocycles. The highest BCUT2D eigenvalue weighted by Crippen LogP contribution is 2.34. The lowest BCUT2D eigenvalue weighted by Crippen LogP contribution is -2.22. The van der Waals surface area contributed by atoms with Crippen LogP contribution in [-0.4, -0.2) is 47.3 Å². The van der Waals surface area contributed by atoms with Gasteiger partial charge in [-0.25, -0.2) is 22.2 Å². The molecule has 38 heavy (non-hydrogen) atoms. The number of hydrogen-bond donors (Lipinski definition) is 1. The summed E-state index contributed by atoms with van der Waals surface area (Å²) >= 11 is 0. The Morgan fingerprint density at radius 2 is 1.61 bits per heavy atom. The maximum atomic E-state index is 13.8. The number of alkyl halides is 6. The minimum absolute atomic E-state index is 0.0345. The fourth-order valence-corrected chi connectivity index (χ4v) is 4.39. The van der Waals surface area contributed by atoms with Gasteiger partial charge in [-0.15, -0.1) is 0 Å². The number of aromatic nitrogens is 3. The number of carbonyl (C=O) groups excluding carboxylic acids is 1. The Kier molecular flexibility index (Phi) is 6.69. The molecule has 0 unspecified atom stereocenters. The minimum Gasteiger partial charge on any atom is -0.322 e. The second kappa shape index (κ2) is 9.40. The van der Waals surface area contributed by atoms with E-state index >= 15 is 0 Å². The number of carbonyl (C=O) groups is 1. The van der Waals surface area contributed by atoms with Crippen molar-refractivity contribution in [3.05, 3.63) is 77.6 Å². The highest BCUT2D eigenvalue weighted by Gasteiger charge is 2.36. The average Bonchev–Trinajstić information content (AvgIpc) is 3.26. The number of hydrogen-bond acceptors (Lipinski definition) is 5. The molecule has 0 bridgehead atoms. The predicted octanol–water partition coefficient (Wildman–Crippen LogP) is 4.94. The number of anilines is 1. The normalized spacial score (nSPS) is 12.8. The van der Waals surface area contributed by atoms with Crippen LogP contribution in [0, 0.1) is 0 Å². The first-order valence-electron chi connectivity index (χ1n) is 10.6. The van der Waals surface area contributed by atoms with Crippen molar-refractivity contribution in [2.24, 2.45) is 0 Å². The van der Waals surface area contributed by atoms with Crippen LogP contribution in [0.15, 0.2) is 65.7 Å². The molecule has 4 rings (SSSR count). The first kappa shape index (κ1) is 27.1. The molecule has 0 aliphatic heterocycles. The average molecular weight is 557 g/mol. The second-order valence-electron chi connectivity index (χ2n) is 8.16. The molecular formula is C23H17F6N5O3S. The van der Waals surface area contributed by atoms with E-state index in [2.05, 4.69) is 15.4 Å². The summed E-state index contributed by atoms with van der Waals surface area (Å²) in [5, 5.41) is 6.04. The standard InChI is InChI=1S/C23H17F6N5O3S/c1-33(2)38(36,37)16-5-3-4-15(10-16)31-21(35)17-12-30-34-19(23(27,28)29)11-18(32-20(17)34)13-6-8-14(9-7-13)22(24,25)26/h3-12H,1-2H3,(H,31,35). The summed E-state index contributed by atoms with van der Waals surface area (Å²) in [5.41, 5.74) is -3.56. The van der Waals surface area contributed by atoms with Crippen molar-refractivity contribution in [2.75, 3.05) is 19.4 Å². The third-order valence-corrected chi connectivity index (χ3v) is 7.20. The lowest BCUT2D eigenvalue weighted by Gasteiger charge is -2.13. The molecule has 0 spiro atoms. The fraction of sp³-hybridized carbons (Fsp3) is 0.174. The zero-order valence-electron chi connectivity index (χ0n) is 19.5. The molecular weight excluding hydrogens is 540 g/mol. The lowest BCUT2D eigenvalue weighted by molar-refractivity contribution is -0.142.